The first-order chi connectivity index (χ1) is 23.5. The second-order valence-electron chi connectivity index (χ2n) is 12.9. The van der Waals surface area contributed by atoms with Crippen molar-refractivity contribution in [3.05, 3.63) is 45.4 Å². The van der Waals surface area contributed by atoms with E-state index in [1.807, 2.05) is 0 Å². The molecule has 2 fully saturated rings. The van der Waals surface area contributed by atoms with Crippen LogP contribution >= 0.6 is 34.9 Å². The Hall–Kier alpha value is -4.26. The second kappa shape index (κ2) is 14.5. The van der Waals surface area contributed by atoms with Crippen molar-refractivity contribution in [2.45, 2.75) is 51.0 Å². The predicted molar refractivity (Wildman–Crippen MR) is 184 cm³/mol. The number of anilines is 1. The maximum absolute atomic E-state index is 13.5. The van der Waals surface area contributed by atoms with E-state index in [2.05, 4.69) is 19.8 Å². The average molecular weight is 751 g/mol. The zero-order chi connectivity index (χ0) is 36.5. The number of fused-ring (bicyclic) bond motifs is 1. The molecule has 0 aliphatic carbocycles. The molecule has 0 spiro atoms. The minimum absolute atomic E-state index is 0.0275. The highest BCUT2D eigenvalue weighted by molar-refractivity contribution is 8.00. The summed E-state index contributed by atoms with van der Waals surface area (Å²) in [4.78, 5) is 74.4. The van der Waals surface area contributed by atoms with Crippen LogP contribution in [0.5, 0.6) is 5.75 Å². The van der Waals surface area contributed by atoms with Gasteiger partial charge >= 0.3 is 11.9 Å². The van der Waals surface area contributed by atoms with Crippen LogP contribution in [0.1, 0.15) is 54.9 Å². The molecule has 50 heavy (non-hydrogen) atoms. The highest BCUT2D eigenvalue weighted by atomic mass is 35.5. The molecule has 2 atom stereocenters. The normalized spacial score (nSPS) is 20.3. The number of quaternary nitrogens is 1. The van der Waals surface area contributed by atoms with Crippen LogP contribution in [0.3, 0.4) is 0 Å². The van der Waals surface area contributed by atoms with Crippen LogP contribution < -0.4 is 11.1 Å². The number of nitrogens with two attached hydrogens (primary N) is 1. The Morgan fingerprint density at radius 2 is 1.92 bits per heavy atom. The van der Waals surface area contributed by atoms with Gasteiger partial charge in [-0.05, 0) is 32.4 Å². The summed E-state index contributed by atoms with van der Waals surface area (Å²) in [7, 11) is 0. The molecule has 5 rings (SSSR count). The number of hydrogen-bond acceptors (Lipinski definition) is 13. The van der Waals surface area contributed by atoms with E-state index in [4.69, 9.17) is 22.2 Å². The molecule has 0 bridgehead atoms. The van der Waals surface area contributed by atoms with Gasteiger partial charge in [-0.15, -0.1) is 11.8 Å². The van der Waals surface area contributed by atoms with E-state index in [0.29, 0.717) is 34.5 Å². The number of aromatic nitrogens is 2. The zero-order valence-corrected chi connectivity index (χ0v) is 29.9. The molecule has 3 aliphatic heterocycles. The largest absolute Gasteiger partial charge is 0.506 e. The minimum atomic E-state index is -1.79. The number of hydrogen-bond donors (Lipinski definition) is 5. The number of halogens is 1. The molecular formula is C31H37ClN7O9S2+. The van der Waals surface area contributed by atoms with Gasteiger partial charge < -0.3 is 35.7 Å². The number of aryl methyl sites for hydroxylation is 1. The number of phenolic OH excluding ortho intramolecular Hbond substituents is 1. The third-order valence-corrected chi connectivity index (χ3v) is 11.4. The number of benzene rings is 1. The zero-order valence-electron chi connectivity index (χ0n) is 27.5. The second-order valence-corrected chi connectivity index (χ2v) is 15.2. The number of ketones is 1. The number of nitrogens with one attached hydrogen (secondary N) is 1. The predicted octanol–water partition coefficient (Wildman–Crippen LogP) is 2.24. The number of carbonyl (C=O) groups is 5. The van der Waals surface area contributed by atoms with Gasteiger partial charge in [0.15, 0.2) is 16.6 Å². The van der Waals surface area contributed by atoms with E-state index < -0.39 is 52.1 Å². The van der Waals surface area contributed by atoms with Gasteiger partial charge in [0, 0.05) is 42.1 Å². The number of Topliss-reactive ketones (excluding diaryl/α,β-unsaturated/α-hetero) is 1. The lowest BCUT2D eigenvalue weighted by atomic mass is 9.89. The van der Waals surface area contributed by atoms with Crippen molar-refractivity contribution in [3.8, 4) is 5.75 Å². The number of rotatable bonds is 14. The van der Waals surface area contributed by atoms with Crippen molar-refractivity contribution < 1.29 is 48.6 Å². The number of oxime groups is 1. The van der Waals surface area contributed by atoms with Gasteiger partial charge in [0.1, 0.15) is 18.0 Å². The van der Waals surface area contributed by atoms with Gasteiger partial charge in [-0.25, -0.2) is 9.59 Å². The summed E-state index contributed by atoms with van der Waals surface area (Å²) in [5.41, 5.74) is 4.68. The van der Waals surface area contributed by atoms with Gasteiger partial charge in [-0.3, -0.25) is 19.3 Å². The number of nitrogens with zero attached hydrogens (tertiary/aromatic N) is 5. The van der Waals surface area contributed by atoms with Crippen LogP contribution in [-0.2, 0) is 24.0 Å². The molecule has 2 amide bonds. The summed E-state index contributed by atoms with van der Waals surface area (Å²) in [6, 6.07) is 3.15. The lowest BCUT2D eigenvalue weighted by Crippen LogP contribution is -2.63. The molecule has 19 heteroatoms. The Labute approximate surface area is 300 Å². The smallest absolute Gasteiger partial charge is 0.352 e. The molecule has 0 unspecified atom stereocenters. The Kier molecular flexibility index (Phi) is 10.8. The lowest BCUT2D eigenvalue weighted by molar-refractivity contribution is -0.911. The molecule has 6 N–H and O–H groups in total. The Bertz CT molecular complexity index is 1810. The van der Waals surface area contributed by atoms with Crippen molar-refractivity contribution in [1.82, 2.24) is 19.6 Å². The van der Waals surface area contributed by atoms with Crippen molar-refractivity contribution in [2.75, 3.05) is 44.2 Å². The fourth-order valence-corrected chi connectivity index (χ4v) is 8.33. The quantitative estimate of drug-likeness (QED) is 0.0808. The molecular weight excluding hydrogens is 714 g/mol. The van der Waals surface area contributed by atoms with E-state index in [9.17, 15) is 39.3 Å². The highest BCUT2D eigenvalue weighted by Gasteiger charge is 2.55. The molecule has 0 radical (unpaired) electrons. The van der Waals surface area contributed by atoms with Gasteiger partial charge in [0.25, 0.3) is 5.91 Å². The number of nitrogen functional groups attached to an aromatic ring is 1. The van der Waals surface area contributed by atoms with Crippen LogP contribution in [0.4, 0.5) is 5.13 Å². The number of amides is 2. The van der Waals surface area contributed by atoms with E-state index in [0.717, 1.165) is 37.5 Å². The van der Waals surface area contributed by atoms with Gasteiger partial charge in [-0.2, -0.15) is 9.36 Å². The minimum Gasteiger partial charge on any atom is -0.506 e. The number of carboxylic acids is 2. The van der Waals surface area contributed by atoms with Crippen LogP contribution in [0.2, 0.25) is 5.02 Å². The Morgan fingerprint density at radius 3 is 2.54 bits per heavy atom. The van der Waals surface area contributed by atoms with Crippen molar-refractivity contribution in [3.63, 3.8) is 0 Å². The summed E-state index contributed by atoms with van der Waals surface area (Å²) < 4.78 is 4.51. The van der Waals surface area contributed by atoms with Crippen molar-refractivity contribution in [2.24, 2.45) is 11.1 Å². The number of aliphatic carboxylic acids is 2. The fraction of sp³-hybridized carbons (Fsp3) is 0.484. The summed E-state index contributed by atoms with van der Waals surface area (Å²) in [6.45, 7) is 6.83. The fourth-order valence-electron chi connectivity index (χ4n) is 6.19. The topological polar surface area (TPSA) is 235 Å². The van der Waals surface area contributed by atoms with Crippen LogP contribution in [0.15, 0.2) is 28.6 Å². The molecule has 1 aromatic heterocycles. The summed E-state index contributed by atoms with van der Waals surface area (Å²) in [6.07, 6.45) is 1.47. The van der Waals surface area contributed by atoms with Crippen LogP contribution in [0, 0.1) is 12.8 Å². The summed E-state index contributed by atoms with van der Waals surface area (Å²) in [5, 5.41) is 35.8. The molecule has 3 aliphatic rings. The molecule has 1 aromatic carbocycles. The number of likely N-dealkylation sites (tertiary alicyclic amines) is 1. The first-order valence-electron chi connectivity index (χ1n) is 15.7. The standard InChI is InChI=1S/C31H36ClN7O9S2/c1-15-6-7-17(20(32)23(15)41)25(42)34-8-11-39(9-4-5-10-39)13-16-14-49-27-18(26(43)38(27)22(16)28(44)45)12-19(40)21(24-35-30(33)50-37-24)36-48-31(2,3)29(46)47/h6-7,18,27H,4-5,8-14H2,1-3H3,(H5-,33,34,35,37,41,42,44,45,46,47)/p+1/b36-21+/t18-,27-/m1/s1. The number of β-lactam (4-membered cyclic amide) rings is 1. The average Bonchev–Trinajstić information content (AvgIpc) is 3.71. The van der Waals surface area contributed by atoms with Gasteiger partial charge in [0.05, 0.1) is 48.1 Å². The number of phenols is 1. The van der Waals surface area contributed by atoms with Crippen molar-refractivity contribution >= 4 is 75.3 Å². The Morgan fingerprint density at radius 1 is 1.22 bits per heavy atom. The third kappa shape index (κ3) is 7.42. The number of thioether (sulfide) groups is 1. The Balaban J connectivity index is 1.29. The third-order valence-electron chi connectivity index (χ3n) is 9.04. The maximum atomic E-state index is 13.5. The monoisotopic (exact) mass is 750 g/mol. The first-order valence-corrected chi connectivity index (χ1v) is 17.9. The van der Waals surface area contributed by atoms with Crippen LogP contribution in [0.25, 0.3) is 0 Å². The van der Waals surface area contributed by atoms with E-state index >= 15 is 0 Å². The molecule has 0 saturated carbocycles. The molecule has 16 nitrogen and oxygen atoms in total. The number of carbonyl (C=O) groups excluding carboxylic acids is 3. The molecule has 4 heterocycles. The van der Waals surface area contributed by atoms with Crippen LogP contribution in [-0.4, -0.2) is 119 Å². The SMILES string of the molecule is Cc1ccc(C(=O)NCC[N+]2(CC3=C(C(=O)O)N4C(=O)[C@@H](CC(=O)/C(=N\OC(C)(C)C(=O)O)c5nsc(N)n5)[C@H]4SC3)CCCC2)c(Cl)c1O. The number of aromatic hydroxyl groups is 1. The van der Waals surface area contributed by atoms with E-state index in [-0.39, 0.29) is 46.0 Å². The number of carboxylic acid groups (broad SMARTS) is 2. The van der Waals surface area contributed by atoms with Gasteiger partial charge in [-0.1, -0.05) is 22.8 Å². The summed E-state index contributed by atoms with van der Waals surface area (Å²) >= 11 is 8.35. The lowest BCUT2D eigenvalue weighted by Gasteiger charge is -2.50. The maximum Gasteiger partial charge on any atom is 0.352 e. The molecule has 2 aromatic rings. The summed E-state index contributed by atoms with van der Waals surface area (Å²) in [5.74, 6) is -5.15. The van der Waals surface area contributed by atoms with Gasteiger partial charge in [0.2, 0.25) is 17.3 Å². The first kappa shape index (κ1) is 37.0. The molecule has 268 valence electrons. The molecule has 2 saturated heterocycles. The van der Waals surface area contributed by atoms with Crippen molar-refractivity contribution in [1.29, 1.82) is 0 Å². The highest BCUT2D eigenvalue weighted by Crippen LogP contribution is 2.46. The van der Waals surface area contributed by atoms with E-state index in [1.165, 1.54) is 30.5 Å². The van der Waals surface area contributed by atoms with E-state index in [1.54, 1.807) is 19.1 Å².